The van der Waals surface area contributed by atoms with Gasteiger partial charge in [-0.1, -0.05) is 65.3 Å². The number of rotatable bonds is 11. The third-order valence-electron chi connectivity index (χ3n) is 6.47. The predicted octanol–water partition coefficient (Wildman–Crippen LogP) is 7.86. The van der Waals surface area contributed by atoms with Gasteiger partial charge in [-0.3, -0.25) is 0 Å². The van der Waals surface area contributed by atoms with E-state index in [0.717, 1.165) is 43.7 Å². The summed E-state index contributed by atoms with van der Waals surface area (Å²) in [6, 6.07) is 14.3. The van der Waals surface area contributed by atoms with Crippen LogP contribution in [0.4, 0.5) is 5.69 Å². The molecule has 3 nitrogen and oxygen atoms in total. The van der Waals surface area contributed by atoms with Crippen LogP contribution >= 0.6 is 23.8 Å². The number of anilines is 1. The third-order valence-corrected chi connectivity index (χ3v) is 6.97. The van der Waals surface area contributed by atoms with Gasteiger partial charge in [0.2, 0.25) is 0 Å². The zero-order valence-electron chi connectivity index (χ0n) is 20.5. The predicted molar refractivity (Wildman–Crippen MR) is 143 cm³/mol. The number of unbranched alkanes of at least 4 members (excludes halogenated alkanes) is 1. The molecule has 0 unspecified atom stereocenters. The fraction of sp³-hybridized carbons (Fsp3) is 0.519. The lowest BCUT2D eigenvalue weighted by Gasteiger charge is -2.30. The Kier molecular flexibility index (Phi) is 9.84. The van der Waals surface area contributed by atoms with Crippen LogP contribution in [0.25, 0.3) is 0 Å². The standard InChI is InChI=1S/C27H39ClN2OS/c1-7-26(3,4)20-11-16-24(23(19-20)27(5,6)8-2)31-18-10-9-17-29-25(32)30-22-14-12-21(28)13-15-22/h11-16,19H,7-10,17-18H2,1-6H3,(H2,29,30,32). The van der Waals surface area contributed by atoms with Crippen LogP contribution in [-0.2, 0) is 10.8 Å². The van der Waals surface area contributed by atoms with Gasteiger partial charge >= 0.3 is 0 Å². The minimum Gasteiger partial charge on any atom is -0.493 e. The van der Waals surface area contributed by atoms with Crippen LogP contribution in [-0.4, -0.2) is 18.3 Å². The number of halogens is 1. The summed E-state index contributed by atoms with van der Waals surface area (Å²) in [6.07, 6.45) is 4.13. The smallest absolute Gasteiger partial charge is 0.170 e. The van der Waals surface area contributed by atoms with Crippen molar-refractivity contribution in [2.45, 2.75) is 78.1 Å². The molecule has 0 saturated heterocycles. The Balaban J connectivity index is 1.85. The zero-order valence-corrected chi connectivity index (χ0v) is 22.1. The van der Waals surface area contributed by atoms with Gasteiger partial charge in [-0.05, 0) is 84.6 Å². The molecule has 0 spiro atoms. The van der Waals surface area contributed by atoms with Crippen molar-refractivity contribution in [1.29, 1.82) is 0 Å². The van der Waals surface area contributed by atoms with E-state index in [4.69, 9.17) is 28.6 Å². The summed E-state index contributed by atoms with van der Waals surface area (Å²) in [4.78, 5) is 0. The quantitative estimate of drug-likeness (QED) is 0.256. The van der Waals surface area contributed by atoms with Crippen LogP contribution in [0, 0.1) is 0 Å². The molecule has 0 bridgehead atoms. The number of thiocarbonyl (C=S) groups is 1. The number of ether oxygens (including phenoxy) is 1. The number of hydrogen-bond donors (Lipinski definition) is 2. The summed E-state index contributed by atoms with van der Waals surface area (Å²) in [6.45, 7) is 15.2. The Hall–Kier alpha value is -1.78. The average Bonchev–Trinajstić information content (AvgIpc) is 2.77. The van der Waals surface area contributed by atoms with Crippen LogP contribution in [0.2, 0.25) is 5.02 Å². The molecule has 0 atom stereocenters. The van der Waals surface area contributed by atoms with Gasteiger partial charge < -0.3 is 15.4 Å². The number of hydrogen-bond acceptors (Lipinski definition) is 2. The van der Waals surface area contributed by atoms with Crippen molar-refractivity contribution < 1.29 is 4.74 Å². The Morgan fingerprint density at radius 2 is 1.59 bits per heavy atom. The molecule has 176 valence electrons. The average molecular weight is 475 g/mol. The fourth-order valence-corrected chi connectivity index (χ4v) is 3.67. The van der Waals surface area contributed by atoms with E-state index in [0.29, 0.717) is 16.7 Å². The van der Waals surface area contributed by atoms with Crippen molar-refractivity contribution >= 4 is 34.6 Å². The number of nitrogens with one attached hydrogen (secondary N) is 2. The molecule has 0 saturated carbocycles. The highest BCUT2D eigenvalue weighted by atomic mass is 35.5. The lowest BCUT2D eigenvalue weighted by molar-refractivity contribution is 0.296. The maximum Gasteiger partial charge on any atom is 0.170 e. The van der Waals surface area contributed by atoms with E-state index in [1.54, 1.807) is 0 Å². The van der Waals surface area contributed by atoms with Gasteiger partial charge in [-0.25, -0.2) is 0 Å². The first-order valence-electron chi connectivity index (χ1n) is 11.7. The molecule has 2 N–H and O–H groups in total. The highest BCUT2D eigenvalue weighted by Gasteiger charge is 2.26. The van der Waals surface area contributed by atoms with Crippen LogP contribution in [0.1, 0.15) is 78.4 Å². The summed E-state index contributed by atoms with van der Waals surface area (Å²) in [5.74, 6) is 1.01. The first-order valence-corrected chi connectivity index (χ1v) is 12.5. The maximum atomic E-state index is 6.25. The molecule has 0 aromatic heterocycles. The normalized spacial score (nSPS) is 11.8. The molecule has 0 fully saturated rings. The SMILES string of the molecule is CCC(C)(C)c1ccc(OCCCCNC(=S)Nc2ccc(Cl)cc2)c(C(C)(C)CC)c1. The van der Waals surface area contributed by atoms with Gasteiger partial charge in [0.15, 0.2) is 5.11 Å². The molecular formula is C27H39ClN2OS. The maximum absolute atomic E-state index is 6.25. The number of benzene rings is 2. The van der Waals surface area contributed by atoms with E-state index in [1.165, 1.54) is 11.1 Å². The van der Waals surface area contributed by atoms with Gasteiger partial charge in [-0.15, -0.1) is 0 Å². The highest BCUT2D eigenvalue weighted by Crippen LogP contribution is 2.38. The molecule has 2 rings (SSSR count). The van der Waals surface area contributed by atoms with Gasteiger partial charge in [0.05, 0.1) is 6.61 Å². The second kappa shape index (κ2) is 11.9. The molecule has 0 amide bonds. The summed E-state index contributed by atoms with van der Waals surface area (Å²) in [5, 5.41) is 7.75. The van der Waals surface area contributed by atoms with Crippen LogP contribution in [0.5, 0.6) is 5.75 Å². The lowest BCUT2D eigenvalue weighted by atomic mass is 9.76. The Morgan fingerprint density at radius 1 is 0.938 bits per heavy atom. The van der Waals surface area contributed by atoms with Crippen molar-refractivity contribution in [3.63, 3.8) is 0 Å². The molecule has 0 aliphatic rings. The minimum atomic E-state index is 0.0796. The second-order valence-corrected chi connectivity index (χ2v) is 10.5. The fourth-order valence-electron chi connectivity index (χ4n) is 3.32. The molecule has 32 heavy (non-hydrogen) atoms. The van der Waals surface area contributed by atoms with Crippen LogP contribution < -0.4 is 15.4 Å². The van der Waals surface area contributed by atoms with Gasteiger partial charge in [0.1, 0.15) is 5.75 Å². The molecule has 0 heterocycles. The van der Waals surface area contributed by atoms with E-state index in [2.05, 4.69) is 70.4 Å². The van der Waals surface area contributed by atoms with E-state index in [-0.39, 0.29) is 10.8 Å². The van der Waals surface area contributed by atoms with Crippen LogP contribution in [0.15, 0.2) is 42.5 Å². The first kappa shape index (κ1) is 26.5. The van der Waals surface area contributed by atoms with Crippen molar-refractivity contribution in [1.82, 2.24) is 5.32 Å². The van der Waals surface area contributed by atoms with E-state index in [1.807, 2.05) is 24.3 Å². The molecule has 2 aromatic carbocycles. The van der Waals surface area contributed by atoms with Crippen molar-refractivity contribution in [3.8, 4) is 5.75 Å². The molecule has 5 heteroatoms. The highest BCUT2D eigenvalue weighted by molar-refractivity contribution is 7.80. The molecular weight excluding hydrogens is 436 g/mol. The van der Waals surface area contributed by atoms with E-state index >= 15 is 0 Å². The van der Waals surface area contributed by atoms with Gasteiger partial charge in [0, 0.05) is 22.8 Å². The first-order chi connectivity index (χ1) is 15.1. The van der Waals surface area contributed by atoms with Gasteiger partial charge in [-0.2, -0.15) is 0 Å². The summed E-state index contributed by atoms with van der Waals surface area (Å²) >= 11 is 11.3. The molecule has 0 aliphatic carbocycles. The molecule has 0 aliphatic heterocycles. The Bertz CT molecular complexity index is 878. The summed E-state index contributed by atoms with van der Waals surface area (Å²) < 4.78 is 6.25. The topological polar surface area (TPSA) is 33.3 Å². The lowest BCUT2D eigenvalue weighted by Crippen LogP contribution is -2.29. The van der Waals surface area contributed by atoms with Crippen molar-refractivity contribution in [2.24, 2.45) is 0 Å². The monoisotopic (exact) mass is 474 g/mol. The summed E-state index contributed by atoms with van der Waals surface area (Å²) in [7, 11) is 0. The zero-order chi connectivity index (χ0) is 23.8. The molecule has 2 aromatic rings. The summed E-state index contributed by atoms with van der Waals surface area (Å²) in [5.41, 5.74) is 3.87. The minimum absolute atomic E-state index is 0.0796. The third kappa shape index (κ3) is 7.67. The van der Waals surface area contributed by atoms with E-state index < -0.39 is 0 Å². The Morgan fingerprint density at radius 3 is 2.22 bits per heavy atom. The molecule has 0 radical (unpaired) electrons. The van der Waals surface area contributed by atoms with E-state index in [9.17, 15) is 0 Å². The van der Waals surface area contributed by atoms with Crippen LogP contribution in [0.3, 0.4) is 0 Å². The van der Waals surface area contributed by atoms with Crippen molar-refractivity contribution in [3.05, 3.63) is 58.6 Å². The largest absolute Gasteiger partial charge is 0.493 e. The van der Waals surface area contributed by atoms with Gasteiger partial charge in [0.25, 0.3) is 0 Å². The second-order valence-electron chi connectivity index (χ2n) is 9.63. The Labute approximate surface area is 205 Å². The van der Waals surface area contributed by atoms with Crippen molar-refractivity contribution in [2.75, 3.05) is 18.5 Å².